The summed E-state index contributed by atoms with van der Waals surface area (Å²) in [6.45, 7) is 0. The van der Waals surface area contributed by atoms with Gasteiger partial charge in [0, 0.05) is 11.6 Å². The summed E-state index contributed by atoms with van der Waals surface area (Å²) in [4.78, 5) is 23.6. The number of carbonyl (C=O) groups is 2. The molecule has 0 aromatic heterocycles. The molecule has 2 aromatic carbocycles. The van der Waals surface area contributed by atoms with Gasteiger partial charge in [0.25, 0.3) is 0 Å². The fourth-order valence-electron chi connectivity index (χ4n) is 2.33. The van der Waals surface area contributed by atoms with E-state index in [0.717, 1.165) is 5.56 Å². The molecule has 27 heavy (non-hydrogen) atoms. The first-order chi connectivity index (χ1) is 13.0. The largest absolute Gasteiger partial charge is 0.507 e. The summed E-state index contributed by atoms with van der Waals surface area (Å²) in [6, 6.07) is 11.7. The molecule has 2 aromatic rings. The van der Waals surface area contributed by atoms with E-state index in [2.05, 4.69) is 4.74 Å². The Morgan fingerprint density at radius 3 is 2.19 bits per heavy atom. The molecule has 6 heteroatoms. The third-order valence-corrected chi connectivity index (χ3v) is 3.76. The number of phenols is 1. The third kappa shape index (κ3) is 5.22. The molecule has 0 aliphatic heterocycles. The second-order valence-corrected chi connectivity index (χ2v) is 5.46. The van der Waals surface area contributed by atoms with Gasteiger partial charge in [-0.25, -0.2) is 9.59 Å². The fourth-order valence-corrected chi connectivity index (χ4v) is 2.33. The van der Waals surface area contributed by atoms with Gasteiger partial charge in [-0.05, 0) is 47.5 Å². The van der Waals surface area contributed by atoms with Crippen LogP contribution >= 0.6 is 0 Å². The monoisotopic (exact) mass is 368 g/mol. The van der Waals surface area contributed by atoms with Crippen molar-refractivity contribution in [2.24, 2.45) is 0 Å². The van der Waals surface area contributed by atoms with Crippen molar-refractivity contribution >= 4 is 29.7 Å². The maximum absolute atomic E-state index is 12.3. The van der Waals surface area contributed by atoms with Crippen LogP contribution < -0.4 is 4.74 Å². The average molecular weight is 368 g/mol. The predicted molar refractivity (Wildman–Crippen MR) is 102 cm³/mol. The molecule has 0 bridgehead atoms. The van der Waals surface area contributed by atoms with E-state index in [0.29, 0.717) is 11.3 Å². The standard InChI is InChI=1S/C21H20O6/c1-25-16-8-4-14(5-9-16)13-18(21(24)27-3)17-12-15(6-10-19(17)22)7-11-20(23)26-2/h4-13,22H,1-3H3/b11-7+,18-13+. The van der Waals surface area contributed by atoms with Gasteiger partial charge >= 0.3 is 11.9 Å². The van der Waals surface area contributed by atoms with Crippen molar-refractivity contribution in [3.05, 3.63) is 65.2 Å². The predicted octanol–water partition coefficient (Wildman–Crippen LogP) is 3.30. The number of ether oxygens (including phenoxy) is 3. The second kappa shape index (κ2) is 9.24. The zero-order valence-corrected chi connectivity index (χ0v) is 15.3. The van der Waals surface area contributed by atoms with E-state index < -0.39 is 11.9 Å². The first-order valence-corrected chi connectivity index (χ1v) is 8.02. The van der Waals surface area contributed by atoms with E-state index in [4.69, 9.17) is 9.47 Å². The van der Waals surface area contributed by atoms with Gasteiger partial charge < -0.3 is 19.3 Å². The highest BCUT2D eigenvalue weighted by atomic mass is 16.5. The van der Waals surface area contributed by atoms with Crippen LogP contribution in [-0.4, -0.2) is 38.4 Å². The van der Waals surface area contributed by atoms with Crippen molar-refractivity contribution in [2.45, 2.75) is 0 Å². The second-order valence-electron chi connectivity index (χ2n) is 5.46. The minimum atomic E-state index is -0.602. The minimum absolute atomic E-state index is 0.0876. The van der Waals surface area contributed by atoms with Crippen molar-refractivity contribution in [3.8, 4) is 11.5 Å². The molecule has 0 saturated carbocycles. The molecule has 0 aliphatic rings. The summed E-state index contributed by atoms with van der Waals surface area (Å²) in [6.07, 6.45) is 4.38. The highest BCUT2D eigenvalue weighted by Crippen LogP contribution is 2.30. The number of rotatable bonds is 6. The minimum Gasteiger partial charge on any atom is -0.507 e. The number of hydrogen-bond acceptors (Lipinski definition) is 6. The lowest BCUT2D eigenvalue weighted by molar-refractivity contribution is -0.135. The Hall–Kier alpha value is -3.54. The summed E-state index contributed by atoms with van der Waals surface area (Å²) in [5.41, 5.74) is 1.79. The van der Waals surface area contributed by atoms with Crippen LogP contribution in [0.2, 0.25) is 0 Å². The normalized spacial score (nSPS) is 11.3. The molecule has 0 fully saturated rings. The summed E-state index contributed by atoms with van der Waals surface area (Å²) in [5.74, 6) is -0.512. The Morgan fingerprint density at radius 2 is 1.59 bits per heavy atom. The van der Waals surface area contributed by atoms with E-state index >= 15 is 0 Å². The lowest BCUT2D eigenvalue weighted by atomic mass is 9.99. The summed E-state index contributed by atoms with van der Waals surface area (Å²) in [5, 5.41) is 10.2. The number of benzene rings is 2. The molecule has 0 radical (unpaired) electrons. The molecule has 0 saturated heterocycles. The molecule has 0 aliphatic carbocycles. The average Bonchev–Trinajstić information content (AvgIpc) is 2.71. The van der Waals surface area contributed by atoms with Crippen molar-refractivity contribution in [2.75, 3.05) is 21.3 Å². The van der Waals surface area contributed by atoms with E-state index in [-0.39, 0.29) is 16.9 Å². The molecule has 140 valence electrons. The Labute approximate surface area is 157 Å². The smallest absolute Gasteiger partial charge is 0.338 e. The van der Waals surface area contributed by atoms with Crippen molar-refractivity contribution in [1.82, 2.24) is 0 Å². The number of esters is 2. The molecular weight excluding hydrogens is 348 g/mol. The zero-order chi connectivity index (χ0) is 19.8. The fraction of sp³-hybridized carbons (Fsp3) is 0.143. The van der Waals surface area contributed by atoms with Crippen LogP contribution in [0.25, 0.3) is 17.7 Å². The Balaban J connectivity index is 2.49. The first kappa shape index (κ1) is 19.8. The zero-order valence-electron chi connectivity index (χ0n) is 15.3. The summed E-state index contributed by atoms with van der Waals surface area (Å²) >= 11 is 0. The van der Waals surface area contributed by atoms with Crippen molar-refractivity contribution in [3.63, 3.8) is 0 Å². The van der Waals surface area contributed by atoms with E-state index in [1.165, 1.54) is 32.4 Å². The van der Waals surface area contributed by atoms with Crippen molar-refractivity contribution < 1.29 is 28.9 Å². The maximum atomic E-state index is 12.3. The summed E-state index contributed by atoms with van der Waals surface area (Å²) < 4.78 is 14.5. The highest BCUT2D eigenvalue weighted by molar-refractivity contribution is 6.22. The Morgan fingerprint density at radius 1 is 0.926 bits per heavy atom. The van der Waals surface area contributed by atoms with Gasteiger partial charge in [-0.3, -0.25) is 0 Å². The van der Waals surface area contributed by atoms with E-state index in [1.807, 2.05) is 0 Å². The maximum Gasteiger partial charge on any atom is 0.338 e. The molecule has 1 N–H and O–H groups in total. The number of methoxy groups -OCH3 is 3. The molecule has 0 amide bonds. The van der Waals surface area contributed by atoms with Gasteiger partial charge in [0.15, 0.2) is 0 Å². The van der Waals surface area contributed by atoms with Gasteiger partial charge in [-0.2, -0.15) is 0 Å². The molecule has 0 spiro atoms. The number of hydrogen-bond donors (Lipinski definition) is 1. The Bertz CT molecular complexity index is 878. The van der Waals surface area contributed by atoms with Gasteiger partial charge in [-0.1, -0.05) is 18.2 Å². The van der Waals surface area contributed by atoms with Crippen LogP contribution in [0.4, 0.5) is 0 Å². The molecule has 2 rings (SSSR count). The van der Waals surface area contributed by atoms with Gasteiger partial charge in [0.2, 0.25) is 0 Å². The topological polar surface area (TPSA) is 82.1 Å². The molecule has 6 nitrogen and oxygen atoms in total. The van der Waals surface area contributed by atoms with Crippen LogP contribution in [-0.2, 0) is 19.1 Å². The molecular formula is C21H20O6. The number of aromatic hydroxyl groups is 1. The molecule has 0 heterocycles. The van der Waals surface area contributed by atoms with Crippen LogP contribution in [0.5, 0.6) is 11.5 Å². The van der Waals surface area contributed by atoms with Crippen LogP contribution in [0.3, 0.4) is 0 Å². The molecule has 0 atom stereocenters. The number of carbonyl (C=O) groups excluding carboxylic acids is 2. The summed E-state index contributed by atoms with van der Waals surface area (Å²) in [7, 11) is 4.11. The van der Waals surface area contributed by atoms with Crippen molar-refractivity contribution in [1.29, 1.82) is 0 Å². The van der Waals surface area contributed by atoms with Gasteiger partial charge in [0.05, 0.1) is 26.9 Å². The van der Waals surface area contributed by atoms with E-state index in [1.54, 1.807) is 49.6 Å². The highest BCUT2D eigenvalue weighted by Gasteiger charge is 2.17. The Kier molecular flexibility index (Phi) is 6.77. The lowest BCUT2D eigenvalue weighted by Gasteiger charge is -2.10. The van der Waals surface area contributed by atoms with E-state index in [9.17, 15) is 14.7 Å². The first-order valence-electron chi connectivity index (χ1n) is 8.02. The number of phenolic OH excluding ortho intramolecular Hbond substituents is 1. The lowest BCUT2D eigenvalue weighted by Crippen LogP contribution is -2.04. The van der Waals surface area contributed by atoms with Crippen LogP contribution in [0, 0.1) is 0 Å². The third-order valence-electron chi connectivity index (χ3n) is 3.76. The van der Waals surface area contributed by atoms with Crippen LogP contribution in [0.15, 0.2) is 48.5 Å². The SMILES string of the molecule is COC(=O)/C=C/c1ccc(O)c(/C(=C\c2ccc(OC)cc2)C(=O)OC)c1. The van der Waals surface area contributed by atoms with Gasteiger partial charge in [0.1, 0.15) is 11.5 Å². The molecule has 0 unspecified atom stereocenters. The van der Waals surface area contributed by atoms with Crippen LogP contribution in [0.1, 0.15) is 16.7 Å². The van der Waals surface area contributed by atoms with Gasteiger partial charge in [-0.15, -0.1) is 0 Å². The quantitative estimate of drug-likeness (QED) is 0.479.